The molecule has 136 valence electrons. The van der Waals surface area contributed by atoms with E-state index < -0.39 is 16.4 Å². The zero-order valence-corrected chi connectivity index (χ0v) is 14.7. The van der Waals surface area contributed by atoms with Gasteiger partial charge in [-0.1, -0.05) is 30.3 Å². The third-order valence-electron chi connectivity index (χ3n) is 3.51. The minimum absolute atomic E-state index is 0.0756. The molecule has 2 N–H and O–H groups in total. The van der Waals surface area contributed by atoms with E-state index in [2.05, 4.69) is 15.5 Å². The summed E-state index contributed by atoms with van der Waals surface area (Å²) in [6.45, 7) is 0. The van der Waals surface area contributed by atoms with Gasteiger partial charge in [-0.15, -0.1) is 11.3 Å². The maximum Gasteiger partial charge on any atom is 0.310 e. The molecule has 0 atom stereocenters. The minimum Gasteiger partial charge on any atom is -0.502 e. The van der Waals surface area contributed by atoms with Gasteiger partial charge in [-0.2, -0.15) is 5.10 Å². The third kappa shape index (κ3) is 4.73. The molecule has 0 aliphatic carbocycles. The molecule has 0 unspecified atom stereocenters. The lowest BCUT2D eigenvalue weighted by molar-refractivity contribution is -0.385. The molecule has 1 heterocycles. The highest BCUT2D eigenvalue weighted by molar-refractivity contribution is 7.13. The Morgan fingerprint density at radius 2 is 2.07 bits per heavy atom. The first kappa shape index (κ1) is 18.2. The second-order valence-corrected chi connectivity index (χ2v) is 6.34. The highest BCUT2D eigenvalue weighted by Gasteiger charge is 2.12. The predicted octanol–water partition coefficient (Wildman–Crippen LogP) is 3.12. The number of hydrogen-bond acceptors (Lipinski definition) is 7. The van der Waals surface area contributed by atoms with Crippen molar-refractivity contribution in [1.82, 2.24) is 10.4 Å². The lowest BCUT2D eigenvalue weighted by atomic mass is 10.2. The normalized spacial score (nSPS) is 10.8. The molecule has 0 saturated heterocycles. The Labute approximate surface area is 158 Å². The fraction of sp³-hybridized carbons (Fsp3) is 0.0556. The van der Waals surface area contributed by atoms with Gasteiger partial charge < -0.3 is 5.11 Å². The number of nitrogens with one attached hydrogen (secondary N) is 1. The van der Waals surface area contributed by atoms with Crippen LogP contribution in [0.2, 0.25) is 0 Å². The fourth-order valence-electron chi connectivity index (χ4n) is 2.26. The van der Waals surface area contributed by atoms with Gasteiger partial charge in [0.1, 0.15) is 5.01 Å². The van der Waals surface area contributed by atoms with Gasteiger partial charge in [-0.25, -0.2) is 10.4 Å². The Balaban J connectivity index is 1.57. The number of aromatic nitrogens is 1. The van der Waals surface area contributed by atoms with Crippen LogP contribution in [0, 0.1) is 10.1 Å². The number of thiazole rings is 1. The molecule has 3 rings (SSSR count). The number of nitro groups is 1. The molecule has 27 heavy (non-hydrogen) atoms. The third-order valence-corrected chi connectivity index (χ3v) is 4.45. The van der Waals surface area contributed by atoms with Crippen LogP contribution in [0.3, 0.4) is 0 Å². The summed E-state index contributed by atoms with van der Waals surface area (Å²) in [5.41, 5.74) is 4.02. The largest absolute Gasteiger partial charge is 0.502 e. The van der Waals surface area contributed by atoms with E-state index in [9.17, 15) is 20.0 Å². The maximum absolute atomic E-state index is 12.0. The van der Waals surface area contributed by atoms with E-state index in [0.717, 1.165) is 10.6 Å². The Kier molecular flexibility index (Phi) is 5.53. The second kappa shape index (κ2) is 8.19. The highest BCUT2D eigenvalue weighted by Crippen LogP contribution is 2.25. The number of rotatable bonds is 6. The van der Waals surface area contributed by atoms with Crippen molar-refractivity contribution in [2.24, 2.45) is 5.10 Å². The molecule has 1 amide bonds. The number of carbonyl (C=O) groups is 1. The van der Waals surface area contributed by atoms with E-state index in [1.165, 1.54) is 35.8 Å². The van der Waals surface area contributed by atoms with Crippen LogP contribution < -0.4 is 5.43 Å². The molecule has 3 aromatic rings. The van der Waals surface area contributed by atoms with Crippen molar-refractivity contribution in [3.63, 3.8) is 0 Å². The first-order chi connectivity index (χ1) is 13.0. The minimum atomic E-state index is -0.685. The molecule has 0 spiro atoms. The molecule has 2 aromatic carbocycles. The van der Waals surface area contributed by atoms with Gasteiger partial charge >= 0.3 is 5.69 Å². The number of aromatic hydroxyl groups is 1. The molecule has 0 radical (unpaired) electrons. The molecular weight excluding hydrogens is 368 g/mol. The zero-order chi connectivity index (χ0) is 19.2. The van der Waals surface area contributed by atoms with Crippen LogP contribution in [0.5, 0.6) is 5.75 Å². The van der Waals surface area contributed by atoms with Crippen molar-refractivity contribution < 1.29 is 14.8 Å². The Morgan fingerprint density at radius 1 is 1.30 bits per heavy atom. The molecule has 0 bridgehead atoms. The van der Waals surface area contributed by atoms with Gasteiger partial charge in [0, 0.05) is 17.0 Å². The first-order valence-corrected chi connectivity index (χ1v) is 8.70. The lowest BCUT2D eigenvalue weighted by Gasteiger charge is -1.99. The number of nitrogens with zero attached hydrogens (tertiary/aromatic N) is 3. The van der Waals surface area contributed by atoms with Crippen LogP contribution in [0.4, 0.5) is 5.69 Å². The van der Waals surface area contributed by atoms with Crippen LogP contribution in [0.15, 0.2) is 59.0 Å². The van der Waals surface area contributed by atoms with Crippen LogP contribution in [0.25, 0.3) is 10.6 Å². The number of hydrogen-bond donors (Lipinski definition) is 2. The molecule has 0 aliphatic rings. The number of phenols is 1. The number of phenolic OH excluding ortho intramolecular Hbond substituents is 1. The Morgan fingerprint density at radius 3 is 2.78 bits per heavy atom. The van der Waals surface area contributed by atoms with E-state index >= 15 is 0 Å². The molecule has 1 aromatic heterocycles. The van der Waals surface area contributed by atoms with E-state index in [0.29, 0.717) is 11.3 Å². The number of nitro benzene ring substituents is 1. The van der Waals surface area contributed by atoms with Crippen molar-refractivity contribution >= 4 is 29.1 Å². The molecule has 0 aliphatic heterocycles. The fourth-order valence-corrected chi connectivity index (χ4v) is 3.09. The van der Waals surface area contributed by atoms with Gasteiger partial charge in [0.2, 0.25) is 5.91 Å². The van der Waals surface area contributed by atoms with Gasteiger partial charge in [0.25, 0.3) is 0 Å². The highest BCUT2D eigenvalue weighted by atomic mass is 32.1. The molecule has 0 saturated carbocycles. The van der Waals surface area contributed by atoms with Gasteiger partial charge in [-0.3, -0.25) is 14.9 Å². The summed E-state index contributed by atoms with van der Waals surface area (Å²) < 4.78 is 0. The quantitative estimate of drug-likeness (QED) is 0.386. The van der Waals surface area contributed by atoms with Crippen molar-refractivity contribution in [3.05, 3.63) is 75.3 Å². The van der Waals surface area contributed by atoms with Crippen LogP contribution in [0.1, 0.15) is 11.3 Å². The van der Waals surface area contributed by atoms with Crippen molar-refractivity contribution in [2.45, 2.75) is 6.42 Å². The molecule has 9 heteroatoms. The Bertz CT molecular complexity index is 1000. The number of amides is 1. The smallest absolute Gasteiger partial charge is 0.310 e. The van der Waals surface area contributed by atoms with Gasteiger partial charge in [0.05, 0.1) is 23.3 Å². The van der Waals surface area contributed by atoms with E-state index in [4.69, 9.17) is 0 Å². The van der Waals surface area contributed by atoms with E-state index in [1.54, 1.807) is 0 Å². The Hall–Kier alpha value is -3.59. The average molecular weight is 382 g/mol. The number of carbonyl (C=O) groups excluding carboxylic acids is 1. The summed E-state index contributed by atoms with van der Waals surface area (Å²) in [4.78, 5) is 26.4. The first-order valence-electron chi connectivity index (χ1n) is 7.82. The van der Waals surface area contributed by atoms with E-state index in [-0.39, 0.29) is 12.3 Å². The summed E-state index contributed by atoms with van der Waals surface area (Å²) >= 11 is 1.46. The van der Waals surface area contributed by atoms with Crippen molar-refractivity contribution in [3.8, 4) is 16.3 Å². The molecule has 8 nitrogen and oxygen atoms in total. The van der Waals surface area contributed by atoms with Crippen molar-refractivity contribution in [1.29, 1.82) is 0 Å². The summed E-state index contributed by atoms with van der Waals surface area (Å²) in [5.74, 6) is -0.812. The average Bonchev–Trinajstić information content (AvgIpc) is 3.10. The van der Waals surface area contributed by atoms with Crippen molar-refractivity contribution in [2.75, 3.05) is 0 Å². The van der Waals surface area contributed by atoms with Crippen LogP contribution in [-0.2, 0) is 11.2 Å². The SMILES string of the molecule is O=C(Cc1csc(-c2ccccc2)n1)N/N=C/c1ccc([N+](=O)[O-])c(O)c1. The summed E-state index contributed by atoms with van der Waals surface area (Å²) in [5, 5.41) is 26.7. The number of hydrazone groups is 1. The predicted molar refractivity (Wildman–Crippen MR) is 102 cm³/mol. The maximum atomic E-state index is 12.0. The topological polar surface area (TPSA) is 118 Å². The second-order valence-electron chi connectivity index (χ2n) is 5.49. The molecule has 0 fully saturated rings. The lowest BCUT2D eigenvalue weighted by Crippen LogP contribution is -2.19. The summed E-state index contributed by atoms with van der Waals surface area (Å²) in [6, 6.07) is 13.5. The van der Waals surface area contributed by atoms with Crippen LogP contribution in [-0.4, -0.2) is 27.1 Å². The standard InChI is InChI=1S/C18H14N4O4S/c23-16-8-12(6-7-15(16)22(25)26)10-19-21-17(24)9-14-11-27-18(20-14)13-4-2-1-3-5-13/h1-8,10-11,23H,9H2,(H,21,24)/b19-10+. The van der Waals surface area contributed by atoms with Gasteiger partial charge in [0.15, 0.2) is 5.75 Å². The monoisotopic (exact) mass is 382 g/mol. The van der Waals surface area contributed by atoms with Gasteiger partial charge in [-0.05, 0) is 17.7 Å². The number of benzene rings is 2. The zero-order valence-electron chi connectivity index (χ0n) is 13.9. The van der Waals surface area contributed by atoms with Crippen LogP contribution >= 0.6 is 11.3 Å². The molecular formula is C18H14N4O4S. The van der Waals surface area contributed by atoms with E-state index in [1.807, 2.05) is 35.7 Å². The summed E-state index contributed by atoms with van der Waals surface area (Å²) in [6.07, 6.45) is 1.37. The summed E-state index contributed by atoms with van der Waals surface area (Å²) in [7, 11) is 0.